The van der Waals surface area contributed by atoms with Crippen LogP contribution in [0.15, 0.2) is 84.9 Å². The third-order valence-corrected chi connectivity index (χ3v) is 8.81. The highest BCUT2D eigenvalue weighted by molar-refractivity contribution is 5.92. The zero-order valence-corrected chi connectivity index (χ0v) is 27.3. The Bertz CT molecular complexity index is 1580. The second-order valence-corrected chi connectivity index (χ2v) is 12.1. The SMILES string of the molecule is CCCCN(C(=O)Cc1ccc(OC)cc1)C(C(=O)NC1CCCCC1)c1ccc2cc(OCc3ccc(OC)cc3)ccc2c1. The van der Waals surface area contributed by atoms with Crippen molar-refractivity contribution < 1.29 is 23.8 Å². The molecule has 0 saturated heterocycles. The maximum absolute atomic E-state index is 14.2. The molecule has 7 heteroatoms. The van der Waals surface area contributed by atoms with Crippen molar-refractivity contribution in [1.82, 2.24) is 10.2 Å². The zero-order chi connectivity index (χ0) is 32.3. The van der Waals surface area contributed by atoms with E-state index in [1.54, 1.807) is 19.1 Å². The molecular weight excluding hydrogens is 576 g/mol. The molecule has 0 aromatic heterocycles. The number of nitrogens with zero attached hydrogens (tertiary/aromatic N) is 1. The zero-order valence-electron chi connectivity index (χ0n) is 27.3. The molecule has 1 unspecified atom stereocenters. The maximum atomic E-state index is 14.2. The van der Waals surface area contributed by atoms with Gasteiger partial charge in [0.05, 0.1) is 20.6 Å². The van der Waals surface area contributed by atoms with E-state index in [1.807, 2.05) is 84.9 Å². The first-order valence-corrected chi connectivity index (χ1v) is 16.5. The van der Waals surface area contributed by atoms with Gasteiger partial charge in [-0.3, -0.25) is 9.59 Å². The molecule has 1 aliphatic rings. The molecule has 1 atom stereocenters. The van der Waals surface area contributed by atoms with Crippen LogP contribution < -0.4 is 19.5 Å². The molecule has 1 aliphatic carbocycles. The topological polar surface area (TPSA) is 77.1 Å². The van der Waals surface area contributed by atoms with E-state index in [0.717, 1.165) is 83.2 Å². The van der Waals surface area contributed by atoms with Gasteiger partial charge in [0, 0.05) is 12.6 Å². The highest BCUT2D eigenvalue weighted by Crippen LogP contribution is 2.30. The third kappa shape index (κ3) is 8.59. The molecule has 46 heavy (non-hydrogen) atoms. The number of nitrogens with one attached hydrogen (secondary N) is 1. The molecule has 0 spiro atoms. The van der Waals surface area contributed by atoms with Crippen LogP contribution in [0.3, 0.4) is 0 Å². The molecule has 1 fully saturated rings. The van der Waals surface area contributed by atoms with Crippen molar-refractivity contribution in [2.45, 2.75) is 77.0 Å². The normalized spacial score (nSPS) is 14.0. The lowest BCUT2D eigenvalue weighted by Gasteiger charge is -2.33. The predicted octanol–water partition coefficient (Wildman–Crippen LogP) is 7.80. The molecule has 0 heterocycles. The monoisotopic (exact) mass is 622 g/mol. The predicted molar refractivity (Wildman–Crippen MR) is 182 cm³/mol. The highest BCUT2D eigenvalue weighted by Gasteiger charge is 2.32. The first-order valence-electron chi connectivity index (χ1n) is 16.5. The van der Waals surface area contributed by atoms with Crippen LogP contribution >= 0.6 is 0 Å². The third-order valence-electron chi connectivity index (χ3n) is 8.81. The van der Waals surface area contributed by atoms with Gasteiger partial charge in [0.1, 0.15) is 29.9 Å². The minimum atomic E-state index is -0.727. The van der Waals surface area contributed by atoms with Gasteiger partial charge < -0.3 is 24.4 Å². The Hall–Kier alpha value is -4.52. The van der Waals surface area contributed by atoms with Gasteiger partial charge >= 0.3 is 0 Å². The number of carbonyl (C=O) groups is 2. The molecular formula is C39H46N2O5. The molecule has 0 radical (unpaired) electrons. The van der Waals surface area contributed by atoms with Crippen molar-refractivity contribution in [3.63, 3.8) is 0 Å². The molecule has 1 saturated carbocycles. The summed E-state index contributed by atoms with van der Waals surface area (Å²) in [4.78, 5) is 30.0. The number of ether oxygens (including phenoxy) is 3. The number of hydrogen-bond acceptors (Lipinski definition) is 5. The van der Waals surface area contributed by atoms with Gasteiger partial charge in [-0.25, -0.2) is 0 Å². The highest BCUT2D eigenvalue weighted by atomic mass is 16.5. The van der Waals surface area contributed by atoms with Gasteiger partial charge in [-0.1, -0.05) is 75.1 Å². The Morgan fingerprint density at radius 3 is 2.04 bits per heavy atom. The standard InChI is InChI=1S/C39H46N2O5/c1-4-5-23-41(37(42)24-28-11-18-34(44-2)19-12-28)38(39(43)40-33-9-7-6-8-10-33)32-16-15-31-26-36(22-17-30(31)25-32)46-27-29-13-20-35(45-3)21-14-29/h11-22,25-26,33,38H,4-10,23-24,27H2,1-3H3,(H,40,43). The van der Waals surface area contributed by atoms with Crippen LogP contribution in [0.5, 0.6) is 17.2 Å². The summed E-state index contributed by atoms with van der Waals surface area (Å²) in [5.74, 6) is 2.15. The molecule has 1 N–H and O–H groups in total. The van der Waals surface area contributed by atoms with Crippen LogP contribution in [0.1, 0.15) is 74.6 Å². The number of benzene rings is 4. The fourth-order valence-corrected chi connectivity index (χ4v) is 6.14. The summed E-state index contributed by atoms with van der Waals surface area (Å²) in [6.45, 7) is 3.05. The summed E-state index contributed by atoms with van der Waals surface area (Å²) in [6, 6.07) is 26.9. The Morgan fingerprint density at radius 1 is 0.783 bits per heavy atom. The molecule has 2 amide bonds. The lowest BCUT2D eigenvalue weighted by molar-refractivity contribution is -0.141. The molecule has 0 bridgehead atoms. The van der Waals surface area contributed by atoms with Crippen molar-refractivity contribution in [2.75, 3.05) is 20.8 Å². The lowest BCUT2D eigenvalue weighted by atomic mass is 9.94. The number of amides is 2. The fourth-order valence-electron chi connectivity index (χ4n) is 6.14. The van der Waals surface area contributed by atoms with Crippen LogP contribution in [0.4, 0.5) is 0 Å². The van der Waals surface area contributed by atoms with Crippen molar-refractivity contribution in [2.24, 2.45) is 0 Å². The van der Waals surface area contributed by atoms with Gasteiger partial charge in [0.15, 0.2) is 0 Å². The minimum absolute atomic E-state index is 0.0650. The molecule has 4 aromatic carbocycles. The van der Waals surface area contributed by atoms with Gasteiger partial charge in [-0.05, 0) is 89.2 Å². The van der Waals surface area contributed by atoms with Crippen molar-refractivity contribution >= 4 is 22.6 Å². The van der Waals surface area contributed by atoms with Gasteiger partial charge in [-0.15, -0.1) is 0 Å². The van der Waals surface area contributed by atoms with Crippen molar-refractivity contribution in [3.05, 3.63) is 102 Å². The average Bonchev–Trinajstić information content (AvgIpc) is 3.09. The summed E-state index contributed by atoms with van der Waals surface area (Å²) in [5, 5.41) is 5.32. The largest absolute Gasteiger partial charge is 0.497 e. The molecule has 7 nitrogen and oxygen atoms in total. The van der Waals surface area contributed by atoms with Gasteiger partial charge in [0.25, 0.3) is 0 Å². The van der Waals surface area contributed by atoms with Crippen molar-refractivity contribution in [3.8, 4) is 17.2 Å². The van der Waals surface area contributed by atoms with Crippen molar-refractivity contribution in [1.29, 1.82) is 0 Å². The lowest BCUT2D eigenvalue weighted by Crippen LogP contribution is -2.47. The quantitative estimate of drug-likeness (QED) is 0.155. The van der Waals surface area contributed by atoms with Gasteiger partial charge in [-0.2, -0.15) is 0 Å². The second kappa shape index (κ2) is 16.2. The molecule has 0 aliphatic heterocycles. The van der Waals surface area contributed by atoms with Crippen LogP contribution in [0.25, 0.3) is 10.8 Å². The fraction of sp³-hybridized carbons (Fsp3) is 0.385. The molecule has 5 rings (SSSR count). The Morgan fingerprint density at radius 2 is 1.39 bits per heavy atom. The van der Waals surface area contributed by atoms with Gasteiger partial charge in [0.2, 0.25) is 11.8 Å². The van der Waals surface area contributed by atoms with E-state index >= 15 is 0 Å². The number of unbranched alkanes of at least 4 members (excludes halogenated alkanes) is 1. The van der Waals surface area contributed by atoms with E-state index in [-0.39, 0.29) is 24.3 Å². The summed E-state index contributed by atoms with van der Waals surface area (Å²) in [5.41, 5.74) is 2.75. The second-order valence-electron chi connectivity index (χ2n) is 12.1. The van der Waals surface area contributed by atoms with Crippen LogP contribution in [-0.4, -0.2) is 43.5 Å². The van der Waals surface area contributed by atoms with Crippen LogP contribution in [-0.2, 0) is 22.6 Å². The first kappa shape index (κ1) is 32.9. The Labute approximate surface area is 272 Å². The maximum Gasteiger partial charge on any atom is 0.247 e. The number of rotatable bonds is 14. The Kier molecular flexibility index (Phi) is 11.5. The summed E-state index contributed by atoms with van der Waals surface area (Å²) >= 11 is 0. The summed E-state index contributed by atoms with van der Waals surface area (Å²) in [7, 11) is 3.28. The summed E-state index contributed by atoms with van der Waals surface area (Å²) < 4.78 is 16.6. The van der Waals surface area contributed by atoms with E-state index in [4.69, 9.17) is 14.2 Å². The van der Waals surface area contributed by atoms with Crippen LogP contribution in [0, 0.1) is 0 Å². The van der Waals surface area contributed by atoms with E-state index < -0.39 is 6.04 Å². The molecule has 4 aromatic rings. The smallest absolute Gasteiger partial charge is 0.247 e. The number of methoxy groups -OCH3 is 2. The first-order chi connectivity index (χ1) is 22.5. The number of hydrogen-bond donors (Lipinski definition) is 1. The van der Waals surface area contributed by atoms with E-state index in [0.29, 0.717) is 13.2 Å². The minimum Gasteiger partial charge on any atom is -0.497 e. The number of fused-ring (bicyclic) bond motifs is 1. The van der Waals surface area contributed by atoms with E-state index in [1.165, 1.54) is 6.42 Å². The summed E-state index contributed by atoms with van der Waals surface area (Å²) in [6.07, 6.45) is 7.33. The average molecular weight is 623 g/mol. The molecule has 242 valence electrons. The van der Waals surface area contributed by atoms with E-state index in [2.05, 4.69) is 12.2 Å². The van der Waals surface area contributed by atoms with Crippen LogP contribution in [0.2, 0.25) is 0 Å². The Balaban J connectivity index is 1.41. The van der Waals surface area contributed by atoms with E-state index in [9.17, 15) is 9.59 Å². The number of carbonyl (C=O) groups excluding carboxylic acids is 2.